The number of aromatic nitrogens is 2. The van der Waals surface area contributed by atoms with Crippen molar-refractivity contribution in [2.75, 3.05) is 7.05 Å². The Bertz CT molecular complexity index is 814. The summed E-state index contributed by atoms with van der Waals surface area (Å²) in [6.45, 7) is 0.441. The van der Waals surface area contributed by atoms with E-state index in [1.165, 1.54) is 0 Å². The van der Waals surface area contributed by atoms with Crippen LogP contribution in [0.5, 0.6) is 0 Å². The molecule has 1 amide bonds. The number of amides is 1. The van der Waals surface area contributed by atoms with Crippen molar-refractivity contribution in [1.82, 2.24) is 14.7 Å². The minimum Gasteiger partial charge on any atom is -0.336 e. The minimum absolute atomic E-state index is 0.139. The number of benzene rings is 2. The lowest BCUT2D eigenvalue weighted by molar-refractivity contribution is 0.0779. The first-order valence-corrected chi connectivity index (χ1v) is 7.63. The molecule has 1 heterocycles. The van der Waals surface area contributed by atoms with Gasteiger partial charge in [0.1, 0.15) is 0 Å². The first-order valence-electron chi connectivity index (χ1n) is 7.25. The van der Waals surface area contributed by atoms with E-state index in [0.29, 0.717) is 17.3 Å². The van der Waals surface area contributed by atoms with Gasteiger partial charge in [-0.05, 0) is 29.8 Å². The molecular weight excluding hydrogens is 310 g/mol. The second kappa shape index (κ2) is 6.67. The van der Waals surface area contributed by atoms with Crippen molar-refractivity contribution in [2.45, 2.75) is 6.54 Å². The number of hydrogen-bond donors (Lipinski definition) is 0. The SMILES string of the molecule is CN(Cc1ccccc1Cl)C(=O)c1ccn(-c2ccccc2)n1. The number of carbonyl (C=O) groups excluding carboxylic acids is 1. The molecule has 3 aromatic rings. The van der Waals surface area contributed by atoms with Gasteiger partial charge in [-0.25, -0.2) is 4.68 Å². The van der Waals surface area contributed by atoms with E-state index in [2.05, 4.69) is 5.10 Å². The maximum Gasteiger partial charge on any atom is 0.274 e. The van der Waals surface area contributed by atoms with Crippen LogP contribution in [-0.2, 0) is 6.54 Å². The molecule has 4 nitrogen and oxygen atoms in total. The van der Waals surface area contributed by atoms with Gasteiger partial charge < -0.3 is 4.90 Å². The third-order valence-corrected chi connectivity index (χ3v) is 3.91. The second-order valence-corrected chi connectivity index (χ2v) is 5.64. The summed E-state index contributed by atoms with van der Waals surface area (Å²) in [4.78, 5) is 14.1. The molecule has 0 unspecified atom stereocenters. The highest BCUT2D eigenvalue weighted by atomic mass is 35.5. The number of hydrogen-bond acceptors (Lipinski definition) is 2. The average molecular weight is 326 g/mol. The number of halogens is 1. The van der Waals surface area contributed by atoms with E-state index in [-0.39, 0.29) is 5.91 Å². The summed E-state index contributed by atoms with van der Waals surface area (Å²) in [7, 11) is 1.74. The molecule has 0 fully saturated rings. The number of nitrogens with zero attached hydrogens (tertiary/aromatic N) is 3. The zero-order valence-corrected chi connectivity index (χ0v) is 13.4. The van der Waals surface area contributed by atoms with Crippen LogP contribution in [0.25, 0.3) is 5.69 Å². The summed E-state index contributed by atoms with van der Waals surface area (Å²) in [6.07, 6.45) is 1.78. The molecule has 2 aromatic carbocycles. The fourth-order valence-electron chi connectivity index (χ4n) is 2.31. The molecule has 0 saturated heterocycles. The molecular formula is C18H16ClN3O. The van der Waals surface area contributed by atoms with Crippen LogP contribution in [0.3, 0.4) is 0 Å². The normalized spacial score (nSPS) is 10.5. The lowest BCUT2D eigenvalue weighted by Gasteiger charge is -2.16. The average Bonchev–Trinajstić information content (AvgIpc) is 3.07. The fraction of sp³-hybridized carbons (Fsp3) is 0.111. The minimum atomic E-state index is -0.139. The molecule has 5 heteroatoms. The van der Waals surface area contributed by atoms with E-state index < -0.39 is 0 Å². The molecule has 0 atom stereocenters. The second-order valence-electron chi connectivity index (χ2n) is 5.23. The summed E-state index contributed by atoms with van der Waals surface area (Å²) in [5.74, 6) is -0.139. The van der Waals surface area contributed by atoms with Gasteiger partial charge >= 0.3 is 0 Å². The van der Waals surface area contributed by atoms with Gasteiger partial charge in [0.2, 0.25) is 0 Å². The smallest absolute Gasteiger partial charge is 0.274 e. The molecule has 0 N–H and O–H groups in total. The largest absolute Gasteiger partial charge is 0.336 e. The van der Waals surface area contributed by atoms with E-state index >= 15 is 0 Å². The van der Waals surface area contributed by atoms with Gasteiger partial charge in [0.15, 0.2) is 5.69 Å². The summed E-state index contributed by atoms with van der Waals surface area (Å²) < 4.78 is 1.69. The zero-order chi connectivity index (χ0) is 16.2. The first-order chi connectivity index (χ1) is 11.1. The van der Waals surface area contributed by atoms with E-state index in [1.54, 1.807) is 28.9 Å². The van der Waals surface area contributed by atoms with Crippen LogP contribution >= 0.6 is 11.6 Å². The van der Waals surface area contributed by atoms with Gasteiger partial charge in [-0.1, -0.05) is 48.0 Å². The van der Waals surface area contributed by atoms with Crippen molar-refractivity contribution in [3.63, 3.8) is 0 Å². The van der Waals surface area contributed by atoms with Crippen molar-refractivity contribution >= 4 is 17.5 Å². The van der Waals surface area contributed by atoms with Crippen LogP contribution in [0, 0.1) is 0 Å². The molecule has 0 spiro atoms. The molecule has 0 radical (unpaired) electrons. The Morgan fingerprint density at radius 3 is 2.52 bits per heavy atom. The van der Waals surface area contributed by atoms with Crippen LogP contribution in [-0.4, -0.2) is 27.6 Å². The Hall–Kier alpha value is -2.59. The van der Waals surface area contributed by atoms with E-state index in [4.69, 9.17) is 11.6 Å². The Morgan fingerprint density at radius 2 is 1.78 bits per heavy atom. The summed E-state index contributed by atoms with van der Waals surface area (Å²) in [5.41, 5.74) is 2.23. The summed E-state index contributed by atoms with van der Waals surface area (Å²) in [6, 6.07) is 18.9. The van der Waals surface area contributed by atoms with Crippen molar-refractivity contribution in [3.8, 4) is 5.69 Å². The van der Waals surface area contributed by atoms with Crippen molar-refractivity contribution in [1.29, 1.82) is 0 Å². The van der Waals surface area contributed by atoms with Gasteiger partial charge in [0, 0.05) is 24.8 Å². The third kappa shape index (κ3) is 3.43. The van der Waals surface area contributed by atoms with Gasteiger partial charge in [-0.2, -0.15) is 5.10 Å². The molecule has 0 bridgehead atoms. The van der Waals surface area contributed by atoms with Crippen LogP contribution in [0.15, 0.2) is 66.9 Å². The summed E-state index contributed by atoms with van der Waals surface area (Å²) in [5, 5.41) is 5.01. The predicted molar refractivity (Wildman–Crippen MR) is 90.8 cm³/mol. The van der Waals surface area contributed by atoms with Gasteiger partial charge in [-0.3, -0.25) is 4.79 Å². The topological polar surface area (TPSA) is 38.1 Å². The lowest BCUT2D eigenvalue weighted by atomic mass is 10.2. The molecule has 0 aliphatic heterocycles. The quantitative estimate of drug-likeness (QED) is 0.732. The standard InChI is InChI=1S/C18H16ClN3O/c1-21(13-14-7-5-6-10-16(14)19)18(23)17-11-12-22(20-17)15-8-3-2-4-9-15/h2-12H,13H2,1H3. The first kappa shape index (κ1) is 15.3. The maximum atomic E-state index is 12.5. The Kier molecular flexibility index (Phi) is 4.44. The highest BCUT2D eigenvalue weighted by molar-refractivity contribution is 6.31. The highest BCUT2D eigenvalue weighted by Gasteiger charge is 2.16. The molecule has 0 saturated carbocycles. The zero-order valence-electron chi connectivity index (χ0n) is 12.7. The van der Waals surface area contributed by atoms with Crippen molar-refractivity contribution in [3.05, 3.63) is 83.1 Å². The molecule has 0 aliphatic rings. The Labute approximate surface area is 139 Å². The molecule has 1 aromatic heterocycles. The maximum absolute atomic E-state index is 12.5. The predicted octanol–water partition coefficient (Wildman–Crippen LogP) is 3.80. The van der Waals surface area contributed by atoms with Gasteiger partial charge in [0.05, 0.1) is 5.69 Å². The molecule has 23 heavy (non-hydrogen) atoms. The number of carbonyl (C=O) groups is 1. The monoisotopic (exact) mass is 325 g/mol. The number of para-hydroxylation sites is 1. The van der Waals surface area contributed by atoms with E-state index in [9.17, 15) is 4.79 Å². The van der Waals surface area contributed by atoms with Gasteiger partial charge in [-0.15, -0.1) is 0 Å². The van der Waals surface area contributed by atoms with Gasteiger partial charge in [0.25, 0.3) is 5.91 Å². The number of rotatable bonds is 4. The third-order valence-electron chi connectivity index (χ3n) is 3.54. The van der Waals surface area contributed by atoms with Crippen LogP contribution in [0.1, 0.15) is 16.1 Å². The van der Waals surface area contributed by atoms with E-state index in [1.807, 2.05) is 54.6 Å². The van der Waals surface area contributed by atoms with Crippen LogP contribution in [0.2, 0.25) is 5.02 Å². The fourth-order valence-corrected chi connectivity index (χ4v) is 2.51. The molecule has 0 aliphatic carbocycles. The lowest BCUT2D eigenvalue weighted by Crippen LogP contribution is -2.26. The van der Waals surface area contributed by atoms with Crippen LogP contribution < -0.4 is 0 Å². The Morgan fingerprint density at radius 1 is 1.09 bits per heavy atom. The highest BCUT2D eigenvalue weighted by Crippen LogP contribution is 2.17. The van der Waals surface area contributed by atoms with Crippen molar-refractivity contribution < 1.29 is 4.79 Å². The molecule has 116 valence electrons. The van der Waals surface area contributed by atoms with Crippen molar-refractivity contribution in [2.24, 2.45) is 0 Å². The van der Waals surface area contributed by atoms with Crippen LogP contribution in [0.4, 0.5) is 0 Å². The Balaban J connectivity index is 1.76. The molecule has 3 rings (SSSR count). The van der Waals surface area contributed by atoms with E-state index in [0.717, 1.165) is 11.3 Å². The summed E-state index contributed by atoms with van der Waals surface area (Å²) >= 11 is 6.15.